The molecule has 1 aromatic rings. The lowest BCUT2D eigenvalue weighted by molar-refractivity contribution is -0.145. The highest BCUT2D eigenvalue weighted by molar-refractivity contribution is 5.50. The van der Waals surface area contributed by atoms with Gasteiger partial charge in [-0.25, -0.2) is 0 Å². The smallest absolute Gasteiger partial charge is 0.163 e. The van der Waals surface area contributed by atoms with Crippen molar-refractivity contribution in [1.29, 1.82) is 0 Å². The normalized spacial score (nSPS) is 25.5. The van der Waals surface area contributed by atoms with Gasteiger partial charge in [-0.1, -0.05) is 0 Å². The van der Waals surface area contributed by atoms with Crippen molar-refractivity contribution in [1.82, 2.24) is 5.32 Å². The molecule has 0 aromatic heterocycles. The Morgan fingerprint density at radius 3 is 2.42 bits per heavy atom. The van der Waals surface area contributed by atoms with E-state index in [0.29, 0.717) is 25.1 Å². The molecule has 1 aliphatic heterocycles. The zero-order chi connectivity index (χ0) is 19.1. The molecule has 2 aliphatic rings. The number of hydrogen-bond acceptors (Lipinski definition) is 6. The van der Waals surface area contributed by atoms with Gasteiger partial charge in [0.05, 0.1) is 12.2 Å². The summed E-state index contributed by atoms with van der Waals surface area (Å²) in [6, 6.07) is 3.41. The van der Waals surface area contributed by atoms with Crippen molar-refractivity contribution in [3.05, 3.63) is 23.3 Å². The van der Waals surface area contributed by atoms with Crippen molar-refractivity contribution < 1.29 is 24.4 Å². The van der Waals surface area contributed by atoms with E-state index in [1.807, 2.05) is 13.8 Å². The second-order valence-corrected chi connectivity index (χ2v) is 8.76. The number of nitrogens with one attached hydrogen (secondary N) is 1. The van der Waals surface area contributed by atoms with Crippen LogP contribution in [-0.2, 0) is 22.3 Å². The number of phenolic OH excluding ortho intramolecular Hbond substituents is 1. The van der Waals surface area contributed by atoms with Gasteiger partial charge in [0.1, 0.15) is 24.2 Å². The van der Waals surface area contributed by atoms with Crippen molar-refractivity contribution in [2.75, 3.05) is 13.2 Å². The molecule has 0 spiro atoms. The third-order valence-corrected chi connectivity index (χ3v) is 4.76. The van der Waals surface area contributed by atoms with Crippen LogP contribution in [0.4, 0.5) is 0 Å². The van der Waals surface area contributed by atoms with E-state index in [-0.39, 0.29) is 30.1 Å². The summed E-state index contributed by atoms with van der Waals surface area (Å²) in [5.41, 5.74) is 1.75. The number of aliphatic hydroxyl groups excluding tert-OH is 1. The molecule has 1 fully saturated rings. The van der Waals surface area contributed by atoms with Gasteiger partial charge in [-0.15, -0.1) is 0 Å². The Hall–Kier alpha value is -1.34. The van der Waals surface area contributed by atoms with E-state index in [2.05, 4.69) is 26.1 Å². The van der Waals surface area contributed by atoms with Crippen molar-refractivity contribution in [2.45, 2.75) is 77.1 Å². The molecule has 1 saturated heterocycles. The third-order valence-electron chi connectivity index (χ3n) is 4.76. The summed E-state index contributed by atoms with van der Waals surface area (Å²) in [6.45, 7) is 10.6. The monoisotopic (exact) mass is 365 g/mol. The summed E-state index contributed by atoms with van der Waals surface area (Å²) < 4.78 is 17.8. The van der Waals surface area contributed by atoms with Crippen molar-refractivity contribution in [3.63, 3.8) is 0 Å². The molecular formula is C20H31NO5. The Kier molecular flexibility index (Phi) is 5.23. The fraction of sp³-hybridized carbons (Fsp3) is 0.700. The van der Waals surface area contributed by atoms with Crippen LogP contribution in [-0.4, -0.2) is 53.0 Å². The lowest BCUT2D eigenvalue weighted by atomic mass is 9.86. The minimum absolute atomic E-state index is 0.0471. The van der Waals surface area contributed by atoms with E-state index in [1.165, 1.54) is 0 Å². The van der Waals surface area contributed by atoms with Gasteiger partial charge in [0, 0.05) is 36.1 Å². The van der Waals surface area contributed by atoms with Crippen LogP contribution in [0.3, 0.4) is 0 Å². The molecule has 0 bridgehead atoms. The Labute approximate surface area is 155 Å². The molecule has 1 unspecified atom stereocenters. The van der Waals surface area contributed by atoms with Gasteiger partial charge >= 0.3 is 0 Å². The van der Waals surface area contributed by atoms with Gasteiger partial charge in [-0.3, -0.25) is 0 Å². The Morgan fingerprint density at radius 2 is 1.81 bits per heavy atom. The number of fused-ring (bicyclic) bond motifs is 2. The molecule has 146 valence electrons. The fourth-order valence-electron chi connectivity index (χ4n) is 3.57. The number of β-amino-alcohol motifs (C(OH)–C–C–N with tert-alkyl or cyclic N) is 1. The average Bonchev–Trinajstić information content (AvgIpc) is 2.83. The molecule has 1 aromatic carbocycles. The Bertz CT molecular complexity index is 652. The first-order chi connectivity index (χ1) is 12.0. The predicted molar refractivity (Wildman–Crippen MR) is 98.6 cm³/mol. The predicted octanol–water partition coefficient (Wildman–Crippen LogP) is 2.14. The summed E-state index contributed by atoms with van der Waals surface area (Å²) in [7, 11) is 0. The lowest BCUT2D eigenvalue weighted by Crippen LogP contribution is -2.42. The second kappa shape index (κ2) is 7.00. The first-order valence-corrected chi connectivity index (χ1v) is 9.29. The SMILES string of the molecule is CC(C)(C)NCC(O)COc1ccc(O)c2c1C[C@H]1OC(C)(C)O[C@H]1C2. The maximum atomic E-state index is 10.3. The highest BCUT2D eigenvalue weighted by atomic mass is 16.7. The van der Waals surface area contributed by atoms with Crippen LogP contribution in [0.1, 0.15) is 45.7 Å². The van der Waals surface area contributed by atoms with Gasteiger partial charge in [-0.05, 0) is 46.8 Å². The molecule has 1 heterocycles. The van der Waals surface area contributed by atoms with Gasteiger partial charge in [0.25, 0.3) is 0 Å². The molecule has 26 heavy (non-hydrogen) atoms. The molecule has 1 aliphatic carbocycles. The third kappa shape index (κ3) is 4.49. The molecule has 3 N–H and O–H groups in total. The number of aliphatic hydroxyl groups is 1. The van der Waals surface area contributed by atoms with Crippen LogP contribution < -0.4 is 10.1 Å². The molecular weight excluding hydrogens is 334 g/mol. The zero-order valence-corrected chi connectivity index (χ0v) is 16.3. The van der Waals surface area contributed by atoms with Gasteiger partial charge in [0.15, 0.2) is 5.79 Å². The van der Waals surface area contributed by atoms with E-state index in [1.54, 1.807) is 12.1 Å². The summed E-state index contributed by atoms with van der Waals surface area (Å²) >= 11 is 0. The van der Waals surface area contributed by atoms with Gasteiger partial charge in [-0.2, -0.15) is 0 Å². The topological polar surface area (TPSA) is 80.2 Å². The van der Waals surface area contributed by atoms with Crippen LogP contribution in [0.2, 0.25) is 0 Å². The summed E-state index contributed by atoms with van der Waals surface area (Å²) in [6.07, 6.45) is 0.513. The van der Waals surface area contributed by atoms with Crippen molar-refractivity contribution in [3.8, 4) is 11.5 Å². The van der Waals surface area contributed by atoms with E-state index in [0.717, 1.165) is 11.1 Å². The van der Waals surface area contributed by atoms with Gasteiger partial charge < -0.3 is 29.7 Å². The van der Waals surface area contributed by atoms with Gasteiger partial charge in [0.2, 0.25) is 0 Å². The van der Waals surface area contributed by atoms with Crippen LogP contribution in [0.5, 0.6) is 11.5 Å². The molecule has 0 saturated carbocycles. The van der Waals surface area contributed by atoms with Crippen molar-refractivity contribution in [2.24, 2.45) is 0 Å². The van der Waals surface area contributed by atoms with Crippen LogP contribution in [0.15, 0.2) is 12.1 Å². The van der Waals surface area contributed by atoms with E-state index in [4.69, 9.17) is 14.2 Å². The number of phenols is 1. The molecule has 0 amide bonds. The molecule has 3 rings (SSSR count). The average molecular weight is 365 g/mol. The first kappa shape index (κ1) is 19.4. The molecule has 0 radical (unpaired) electrons. The standard InChI is InChI=1S/C20H31NO5/c1-19(2,3)21-10-12(22)11-24-16-7-6-15(23)13-8-17-18(9-14(13)16)26-20(4,5)25-17/h6-7,12,17-18,21-23H,8-11H2,1-5H3/t12?,17-,18+/m0/s1. The zero-order valence-electron chi connectivity index (χ0n) is 16.3. The second-order valence-electron chi connectivity index (χ2n) is 8.76. The van der Waals surface area contributed by atoms with Crippen LogP contribution in [0, 0.1) is 0 Å². The van der Waals surface area contributed by atoms with Crippen molar-refractivity contribution >= 4 is 0 Å². The quantitative estimate of drug-likeness (QED) is 0.742. The largest absolute Gasteiger partial charge is 0.508 e. The highest BCUT2D eigenvalue weighted by Gasteiger charge is 2.45. The minimum atomic E-state index is -0.611. The Balaban J connectivity index is 1.68. The summed E-state index contributed by atoms with van der Waals surface area (Å²) in [4.78, 5) is 0. The van der Waals surface area contributed by atoms with E-state index in [9.17, 15) is 10.2 Å². The molecule has 6 nitrogen and oxygen atoms in total. The van der Waals surface area contributed by atoms with Crippen LogP contribution in [0.25, 0.3) is 0 Å². The number of aromatic hydroxyl groups is 1. The Morgan fingerprint density at radius 1 is 1.19 bits per heavy atom. The first-order valence-electron chi connectivity index (χ1n) is 9.29. The molecule has 3 atom stereocenters. The maximum absolute atomic E-state index is 10.3. The van der Waals surface area contributed by atoms with E-state index >= 15 is 0 Å². The van der Waals surface area contributed by atoms with E-state index < -0.39 is 11.9 Å². The number of ether oxygens (including phenoxy) is 3. The maximum Gasteiger partial charge on any atom is 0.163 e. The minimum Gasteiger partial charge on any atom is -0.508 e. The highest BCUT2D eigenvalue weighted by Crippen LogP contribution is 2.42. The van der Waals surface area contributed by atoms with Crippen LogP contribution >= 0.6 is 0 Å². The molecule has 6 heteroatoms. The number of hydrogen-bond donors (Lipinski definition) is 3. The summed E-state index contributed by atoms with van der Waals surface area (Å²) in [5, 5.41) is 23.7. The summed E-state index contributed by atoms with van der Waals surface area (Å²) in [5.74, 6) is 0.344. The fourth-order valence-corrected chi connectivity index (χ4v) is 3.57. The number of rotatable bonds is 5. The lowest BCUT2D eigenvalue weighted by Gasteiger charge is -2.28. The number of benzene rings is 1.